The molecule has 0 radical (unpaired) electrons. The molecule has 2 rings (SSSR count). The molecular formula is C14H15N3O3. The highest BCUT2D eigenvalue weighted by atomic mass is 16.4. The van der Waals surface area contributed by atoms with Crippen molar-refractivity contribution in [3.63, 3.8) is 0 Å². The van der Waals surface area contributed by atoms with Crippen molar-refractivity contribution in [3.05, 3.63) is 58.1 Å². The number of hydrogen-bond donors (Lipinski definition) is 3. The molecular weight excluding hydrogens is 258 g/mol. The summed E-state index contributed by atoms with van der Waals surface area (Å²) >= 11 is 0. The first-order valence-corrected chi connectivity index (χ1v) is 6.24. The first-order chi connectivity index (χ1) is 9.60. The number of aromatic amines is 1. The Morgan fingerprint density at radius 2 is 2.10 bits per heavy atom. The molecule has 20 heavy (non-hydrogen) atoms. The molecule has 2 aromatic rings. The van der Waals surface area contributed by atoms with Crippen LogP contribution in [0, 0.1) is 0 Å². The quantitative estimate of drug-likeness (QED) is 0.768. The highest BCUT2D eigenvalue weighted by molar-refractivity contribution is 5.78. The second-order valence-corrected chi connectivity index (χ2v) is 4.26. The fourth-order valence-corrected chi connectivity index (χ4v) is 1.83. The number of carboxylic acid groups (broad SMARTS) is 1. The average Bonchev–Trinajstić information content (AvgIpc) is 2.44. The summed E-state index contributed by atoms with van der Waals surface area (Å²) in [7, 11) is 0. The molecule has 0 aliphatic rings. The summed E-state index contributed by atoms with van der Waals surface area (Å²) in [4.78, 5) is 29.6. The van der Waals surface area contributed by atoms with E-state index in [0.717, 1.165) is 0 Å². The number of nitrogens with zero attached hydrogens (tertiary/aromatic N) is 1. The average molecular weight is 273 g/mol. The van der Waals surface area contributed by atoms with Gasteiger partial charge in [-0.1, -0.05) is 37.3 Å². The maximum absolute atomic E-state index is 11.5. The van der Waals surface area contributed by atoms with Gasteiger partial charge in [-0.15, -0.1) is 0 Å². The number of carbonyl (C=O) groups is 1. The summed E-state index contributed by atoms with van der Waals surface area (Å²) in [6.07, 6.45) is 0.563. The summed E-state index contributed by atoms with van der Waals surface area (Å²) in [5.41, 5.74) is 0.289. The number of benzene rings is 1. The molecule has 1 heterocycles. The Morgan fingerprint density at radius 1 is 1.40 bits per heavy atom. The molecule has 1 aromatic carbocycles. The lowest BCUT2D eigenvalue weighted by atomic mass is 10.1. The third kappa shape index (κ3) is 3.23. The van der Waals surface area contributed by atoms with E-state index in [0.29, 0.717) is 17.8 Å². The minimum Gasteiger partial charge on any atom is -0.479 e. The summed E-state index contributed by atoms with van der Waals surface area (Å²) in [6.45, 7) is 1.86. The van der Waals surface area contributed by atoms with Crippen LogP contribution in [-0.2, 0) is 11.2 Å². The number of carboxylic acids is 1. The van der Waals surface area contributed by atoms with Crippen LogP contribution >= 0.6 is 0 Å². The zero-order valence-corrected chi connectivity index (χ0v) is 11.0. The van der Waals surface area contributed by atoms with Gasteiger partial charge in [0, 0.05) is 12.5 Å². The lowest BCUT2D eigenvalue weighted by molar-refractivity contribution is -0.138. The summed E-state index contributed by atoms with van der Waals surface area (Å²) in [5, 5.41) is 12.1. The molecule has 0 fully saturated rings. The molecule has 0 bridgehead atoms. The van der Waals surface area contributed by atoms with Crippen molar-refractivity contribution in [1.82, 2.24) is 9.97 Å². The molecule has 6 heteroatoms. The third-order valence-corrected chi connectivity index (χ3v) is 2.80. The molecule has 1 unspecified atom stereocenters. The molecule has 1 atom stereocenters. The lowest BCUT2D eigenvalue weighted by Gasteiger charge is -2.15. The largest absolute Gasteiger partial charge is 0.479 e. The Bertz CT molecular complexity index is 652. The first kappa shape index (κ1) is 13.8. The van der Waals surface area contributed by atoms with Gasteiger partial charge in [-0.3, -0.25) is 4.79 Å². The fourth-order valence-electron chi connectivity index (χ4n) is 1.83. The number of H-pyrrole nitrogens is 1. The number of aryl methyl sites for hydroxylation is 1. The van der Waals surface area contributed by atoms with Crippen LogP contribution in [0.3, 0.4) is 0 Å². The molecule has 1 aromatic heterocycles. The van der Waals surface area contributed by atoms with Crippen molar-refractivity contribution < 1.29 is 9.90 Å². The molecule has 0 saturated heterocycles. The SMILES string of the molecule is CCc1nc(NC(C(=O)O)c2ccccc2)cc(=O)[nH]1. The van der Waals surface area contributed by atoms with Gasteiger partial charge in [0.25, 0.3) is 5.56 Å². The van der Waals surface area contributed by atoms with E-state index in [9.17, 15) is 14.7 Å². The van der Waals surface area contributed by atoms with E-state index in [1.807, 2.05) is 13.0 Å². The van der Waals surface area contributed by atoms with Crippen LogP contribution < -0.4 is 10.9 Å². The smallest absolute Gasteiger partial charge is 0.330 e. The van der Waals surface area contributed by atoms with Crippen LogP contribution in [0.5, 0.6) is 0 Å². The molecule has 3 N–H and O–H groups in total. The Morgan fingerprint density at radius 3 is 2.70 bits per heavy atom. The standard InChI is InChI=1S/C14H15N3O3/c1-2-10-15-11(8-12(18)16-10)17-13(14(19)20)9-6-4-3-5-7-9/h3-8,13H,2H2,1H3,(H,19,20)(H2,15,16,17,18). The number of nitrogens with one attached hydrogen (secondary N) is 2. The molecule has 0 aliphatic heterocycles. The predicted molar refractivity (Wildman–Crippen MR) is 74.7 cm³/mol. The van der Waals surface area contributed by atoms with Crippen molar-refractivity contribution in [3.8, 4) is 0 Å². The summed E-state index contributed by atoms with van der Waals surface area (Å²) in [6, 6.07) is 9.04. The van der Waals surface area contributed by atoms with E-state index in [1.165, 1.54) is 6.07 Å². The van der Waals surface area contributed by atoms with Crippen LogP contribution in [0.4, 0.5) is 5.82 Å². The molecule has 0 amide bonds. The maximum Gasteiger partial charge on any atom is 0.330 e. The molecule has 104 valence electrons. The van der Waals surface area contributed by atoms with Gasteiger partial charge in [0.1, 0.15) is 11.6 Å². The minimum atomic E-state index is -1.03. The third-order valence-electron chi connectivity index (χ3n) is 2.80. The van der Waals surface area contributed by atoms with E-state index < -0.39 is 12.0 Å². The number of aromatic nitrogens is 2. The Balaban J connectivity index is 2.32. The van der Waals surface area contributed by atoms with Crippen molar-refractivity contribution in [2.24, 2.45) is 0 Å². The fraction of sp³-hybridized carbons (Fsp3) is 0.214. The van der Waals surface area contributed by atoms with E-state index >= 15 is 0 Å². The lowest BCUT2D eigenvalue weighted by Crippen LogP contribution is -2.23. The molecule has 0 saturated carbocycles. The van der Waals surface area contributed by atoms with Crippen LogP contribution in [0.15, 0.2) is 41.2 Å². The number of hydrogen-bond acceptors (Lipinski definition) is 4. The predicted octanol–water partition coefficient (Wildman–Crippen LogP) is 1.57. The number of anilines is 1. The van der Waals surface area contributed by atoms with E-state index in [-0.39, 0.29) is 11.4 Å². The Hall–Kier alpha value is -2.63. The van der Waals surface area contributed by atoms with Crippen LogP contribution in [0.25, 0.3) is 0 Å². The topological polar surface area (TPSA) is 95.1 Å². The summed E-state index contributed by atoms with van der Waals surface area (Å²) in [5.74, 6) is -0.268. The number of aliphatic carboxylic acids is 1. The highest BCUT2D eigenvalue weighted by Crippen LogP contribution is 2.17. The van der Waals surface area contributed by atoms with Gasteiger partial charge in [-0.2, -0.15) is 0 Å². The van der Waals surface area contributed by atoms with Gasteiger partial charge < -0.3 is 15.4 Å². The second-order valence-electron chi connectivity index (χ2n) is 4.26. The van der Waals surface area contributed by atoms with Crippen LogP contribution in [0.2, 0.25) is 0 Å². The Kier molecular flexibility index (Phi) is 4.14. The zero-order chi connectivity index (χ0) is 14.5. The maximum atomic E-state index is 11.5. The molecule has 0 spiro atoms. The van der Waals surface area contributed by atoms with Gasteiger partial charge in [-0.25, -0.2) is 9.78 Å². The van der Waals surface area contributed by atoms with Crippen molar-refractivity contribution >= 4 is 11.8 Å². The normalized spacial score (nSPS) is 11.8. The van der Waals surface area contributed by atoms with Crippen LogP contribution in [0.1, 0.15) is 24.4 Å². The van der Waals surface area contributed by atoms with Crippen molar-refractivity contribution in [2.45, 2.75) is 19.4 Å². The van der Waals surface area contributed by atoms with Crippen molar-refractivity contribution in [2.75, 3.05) is 5.32 Å². The van der Waals surface area contributed by atoms with Gasteiger partial charge in [0.05, 0.1) is 0 Å². The summed E-state index contributed by atoms with van der Waals surface area (Å²) < 4.78 is 0. The van der Waals surface area contributed by atoms with E-state index in [4.69, 9.17) is 0 Å². The minimum absolute atomic E-state index is 0.252. The van der Waals surface area contributed by atoms with Gasteiger partial charge in [0.15, 0.2) is 6.04 Å². The van der Waals surface area contributed by atoms with E-state index in [1.54, 1.807) is 24.3 Å². The molecule has 6 nitrogen and oxygen atoms in total. The highest BCUT2D eigenvalue weighted by Gasteiger charge is 2.20. The van der Waals surface area contributed by atoms with Crippen molar-refractivity contribution in [1.29, 1.82) is 0 Å². The second kappa shape index (κ2) is 6.01. The van der Waals surface area contributed by atoms with E-state index in [2.05, 4.69) is 15.3 Å². The van der Waals surface area contributed by atoms with Gasteiger partial charge >= 0.3 is 5.97 Å². The monoisotopic (exact) mass is 273 g/mol. The number of rotatable bonds is 5. The van der Waals surface area contributed by atoms with Crippen LogP contribution in [-0.4, -0.2) is 21.0 Å². The first-order valence-electron chi connectivity index (χ1n) is 6.24. The zero-order valence-electron chi connectivity index (χ0n) is 11.0. The van der Waals surface area contributed by atoms with Gasteiger partial charge in [-0.05, 0) is 5.56 Å². The van der Waals surface area contributed by atoms with Gasteiger partial charge in [0.2, 0.25) is 0 Å². The Labute approximate surface area is 115 Å². The molecule has 0 aliphatic carbocycles.